The molecule has 0 saturated heterocycles. The zero-order valence-electron chi connectivity index (χ0n) is 13.1. The van der Waals surface area contributed by atoms with E-state index in [0.29, 0.717) is 22.2 Å². The fourth-order valence-corrected chi connectivity index (χ4v) is 3.41. The van der Waals surface area contributed by atoms with Gasteiger partial charge in [0, 0.05) is 6.81 Å². The van der Waals surface area contributed by atoms with Crippen molar-refractivity contribution in [2.24, 2.45) is 5.92 Å². The molecule has 1 aromatic carbocycles. The van der Waals surface area contributed by atoms with Crippen molar-refractivity contribution in [2.45, 2.75) is 19.8 Å². The summed E-state index contributed by atoms with van der Waals surface area (Å²) in [7, 11) is 0. The lowest BCUT2D eigenvalue weighted by molar-refractivity contribution is -0.115. The molecule has 2 aromatic heterocycles. The second-order valence-corrected chi connectivity index (χ2v) is 6.81. The van der Waals surface area contributed by atoms with E-state index in [1.807, 2.05) is 17.5 Å². The number of nitrogens with zero attached hydrogens (tertiary/aromatic N) is 1. The summed E-state index contributed by atoms with van der Waals surface area (Å²) in [5.74, 6) is 0.421. The molecule has 24 heavy (non-hydrogen) atoms. The minimum Gasteiger partial charge on any atom is -0.302 e. The van der Waals surface area contributed by atoms with Crippen LogP contribution in [-0.4, -0.2) is 10.9 Å². The highest BCUT2D eigenvalue weighted by Crippen LogP contribution is 2.27. The van der Waals surface area contributed by atoms with Gasteiger partial charge in [0.15, 0.2) is 5.13 Å². The number of carbonyl (C=O) groups is 1. The third-order valence-corrected chi connectivity index (χ3v) is 4.67. The number of benzene rings is 1. The van der Waals surface area contributed by atoms with Crippen LogP contribution in [0.25, 0.3) is 16.7 Å². The second-order valence-electron chi connectivity index (χ2n) is 5.95. The fraction of sp³-hybridized carbons (Fsp3) is 0.222. The molecule has 1 aliphatic rings. The van der Waals surface area contributed by atoms with Crippen LogP contribution < -0.4 is 5.32 Å². The number of anilines is 1. The molecule has 1 N–H and O–H groups in total. The molecule has 1 atom stereocenters. The van der Waals surface area contributed by atoms with Gasteiger partial charge in [0.1, 0.15) is 0 Å². The first-order chi connectivity index (χ1) is 11.7. The van der Waals surface area contributed by atoms with Crippen LogP contribution in [0, 0.1) is 5.92 Å². The number of fused-ring (bicyclic) bond motifs is 1. The van der Waals surface area contributed by atoms with Gasteiger partial charge in [0.05, 0.1) is 12.1 Å². The molecule has 3 aromatic rings. The van der Waals surface area contributed by atoms with Gasteiger partial charge in [-0.15, -0.1) is 11.3 Å². The van der Waals surface area contributed by atoms with E-state index in [0.717, 1.165) is 23.3 Å². The van der Waals surface area contributed by atoms with Gasteiger partial charge in [-0.3, -0.25) is 13.9 Å². The van der Waals surface area contributed by atoms with Crippen molar-refractivity contribution < 1.29 is 15.4 Å². The molecule has 2 heterocycles. The van der Waals surface area contributed by atoms with Crippen molar-refractivity contribution in [1.82, 2.24) is 4.98 Å². The van der Waals surface area contributed by atoms with Crippen molar-refractivity contribution >= 4 is 39.1 Å². The number of allylic oxidation sites excluding steroid dienone is 4. The largest absolute Gasteiger partial charge is 0.302 e. The van der Waals surface area contributed by atoms with Crippen LogP contribution >= 0.6 is 11.3 Å². The molecular weight excluding hydrogens is 324 g/mol. The van der Waals surface area contributed by atoms with Gasteiger partial charge in [0.2, 0.25) is 17.1 Å². The maximum absolute atomic E-state index is 12.2. The Morgan fingerprint density at radius 1 is 1.42 bits per heavy atom. The van der Waals surface area contributed by atoms with Gasteiger partial charge < -0.3 is 5.32 Å². The maximum atomic E-state index is 12.2. The molecule has 124 valence electrons. The molecule has 0 radical (unpaired) electrons. The number of carbonyl (C=O) groups excluding carboxylic acids is 1. The molecule has 5 nitrogen and oxygen atoms in total. The lowest BCUT2D eigenvalue weighted by Gasteiger charge is -2.10. The van der Waals surface area contributed by atoms with Gasteiger partial charge in [-0.05, 0) is 35.6 Å². The van der Waals surface area contributed by atoms with Crippen molar-refractivity contribution in [3.05, 3.63) is 53.1 Å². The molecule has 6 heteroatoms. The summed E-state index contributed by atoms with van der Waals surface area (Å²) < 4.78 is 9.62. The van der Waals surface area contributed by atoms with E-state index >= 15 is 0 Å². The van der Waals surface area contributed by atoms with E-state index in [-0.39, 0.29) is 13.8 Å². The summed E-state index contributed by atoms with van der Waals surface area (Å²) in [5.41, 5.74) is 4.27. The first-order valence-electron chi connectivity index (χ1n) is 7.79. The maximum Gasteiger partial charge on any atom is 0.230 e. The van der Waals surface area contributed by atoms with E-state index in [1.54, 1.807) is 6.07 Å². The van der Waals surface area contributed by atoms with Crippen LogP contribution in [0.2, 0.25) is 0 Å². The van der Waals surface area contributed by atoms with E-state index in [4.69, 9.17) is 9.15 Å². The van der Waals surface area contributed by atoms with Crippen molar-refractivity contribution in [3.63, 3.8) is 0 Å². The molecule has 0 spiro atoms. The van der Waals surface area contributed by atoms with Gasteiger partial charge in [-0.1, -0.05) is 31.2 Å². The predicted octanol–water partition coefficient (Wildman–Crippen LogP) is 4.89. The first kappa shape index (κ1) is 15.0. The molecule has 0 saturated carbocycles. The number of hydrogen-bond donors (Lipinski definition) is 1. The number of hydrogen-bond acceptors (Lipinski definition) is 5. The number of nitrogens with one attached hydrogen (secondary N) is 1. The molecule has 1 aliphatic carbocycles. The summed E-state index contributed by atoms with van der Waals surface area (Å²) in [4.78, 5) is 16.7. The number of rotatable bonds is 4. The number of amides is 1. The third kappa shape index (κ3) is 3.05. The molecule has 0 aliphatic heterocycles. The average Bonchev–Trinajstić information content (AvgIpc) is 2.98. The van der Waals surface area contributed by atoms with Crippen molar-refractivity contribution in [2.75, 3.05) is 5.32 Å². The van der Waals surface area contributed by atoms with E-state index in [2.05, 4.69) is 35.5 Å². The lowest BCUT2D eigenvalue weighted by atomic mass is 9.97. The van der Waals surface area contributed by atoms with Crippen LogP contribution in [0.4, 0.5) is 5.13 Å². The second kappa shape index (κ2) is 6.13. The van der Waals surface area contributed by atoms with Gasteiger partial charge >= 0.3 is 0 Å². The Morgan fingerprint density at radius 2 is 2.29 bits per heavy atom. The molecule has 1 amide bonds. The lowest BCUT2D eigenvalue weighted by Crippen LogP contribution is -2.14. The average molecular weight is 342 g/mol. The van der Waals surface area contributed by atoms with Crippen LogP contribution in [0.1, 0.15) is 26.0 Å². The van der Waals surface area contributed by atoms with Gasteiger partial charge in [-0.25, -0.2) is 4.98 Å². The Balaban J connectivity index is 0.00000182. The highest BCUT2D eigenvalue weighted by molar-refractivity contribution is 7.14. The Bertz CT molecular complexity index is 950. The number of thiazole rings is 1. The third-order valence-electron chi connectivity index (χ3n) is 3.91. The summed E-state index contributed by atoms with van der Waals surface area (Å²) in [6, 6.07) is 5.46. The fourth-order valence-electron chi connectivity index (χ4n) is 2.68. The SMILES string of the molecule is CC1C=C(c2csc(NC(=O)Cc3ccc4ooc4c3)n2)C=CC1.[HH]. The van der Waals surface area contributed by atoms with Crippen LogP contribution in [0.3, 0.4) is 0 Å². The highest BCUT2D eigenvalue weighted by atomic mass is 32.1. The molecule has 4 rings (SSSR count). The van der Waals surface area contributed by atoms with Gasteiger partial charge in [0.25, 0.3) is 0 Å². The summed E-state index contributed by atoms with van der Waals surface area (Å²) in [6.45, 7) is 2.18. The van der Waals surface area contributed by atoms with E-state index in [1.165, 1.54) is 11.3 Å². The zero-order valence-corrected chi connectivity index (χ0v) is 13.9. The van der Waals surface area contributed by atoms with E-state index < -0.39 is 0 Å². The topological polar surface area (TPSA) is 68.3 Å². The smallest absolute Gasteiger partial charge is 0.230 e. The first-order valence-corrected chi connectivity index (χ1v) is 8.67. The van der Waals surface area contributed by atoms with Crippen molar-refractivity contribution in [1.29, 1.82) is 0 Å². The molecule has 0 fully saturated rings. The quantitative estimate of drug-likeness (QED) is 0.686. The minimum absolute atomic E-state index is 0. The Morgan fingerprint density at radius 3 is 3.04 bits per heavy atom. The van der Waals surface area contributed by atoms with Crippen LogP contribution in [-0.2, 0) is 11.2 Å². The summed E-state index contributed by atoms with van der Waals surface area (Å²) in [5, 5.41) is 5.45. The molecular formula is C18H18N2O3S. The Kier molecular flexibility index (Phi) is 3.82. The monoisotopic (exact) mass is 342 g/mol. The normalized spacial score (nSPS) is 17.2. The van der Waals surface area contributed by atoms with E-state index in [9.17, 15) is 4.79 Å². The van der Waals surface area contributed by atoms with Crippen LogP contribution in [0.5, 0.6) is 0 Å². The van der Waals surface area contributed by atoms with Crippen molar-refractivity contribution in [3.8, 4) is 0 Å². The standard InChI is InChI=1S/C18H16N2O3S.H2/c1-11-3-2-4-13(7-11)14-10-24-18(19-14)20-17(21)9-12-5-6-15-16(8-12)23-22-15;/h2,4-8,10-11H,3,9H2,1H3,(H,19,20,21);1H. The zero-order chi connectivity index (χ0) is 16.5. The Labute approximate surface area is 144 Å². The van der Waals surface area contributed by atoms with Crippen LogP contribution in [0.15, 0.2) is 51.0 Å². The Hall–Kier alpha value is -2.60. The minimum atomic E-state index is -0.0994. The molecule has 0 bridgehead atoms. The number of aromatic nitrogens is 1. The highest BCUT2D eigenvalue weighted by Gasteiger charge is 2.13. The van der Waals surface area contributed by atoms with Gasteiger partial charge in [-0.2, -0.15) is 0 Å². The summed E-state index contributed by atoms with van der Waals surface area (Å²) in [6.07, 6.45) is 7.79. The molecule has 1 unspecified atom stereocenters. The summed E-state index contributed by atoms with van der Waals surface area (Å²) >= 11 is 1.44. The predicted molar refractivity (Wildman–Crippen MR) is 95.9 cm³/mol.